The second kappa shape index (κ2) is 15.1. The van der Waals surface area contributed by atoms with E-state index >= 15 is 0 Å². The van der Waals surface area contributed by atoms with Gasteiger partial charge in [0.1, 0.15) is 0 Å². The number of benzene rings is 1. The van der Waals surface area contributed by atoms with E-state index in [4.69, 9.17) is 5.73 Å². The molecular formula is C38H62CuN9. The fourth-order valence-corrected chi connectivity index (χ4v) is 12.4. The average Bonchev–Trinajstić information content (AvgIpc) is 3.85. The minimum Gasteiger partial charge on any atom is -0.699 e. The first kappa shape index (κ1) is 34.3. The Morgan fingerprint density at radius 2 is 0.521 bits per heavy atom. The van der Waals surface area contributed by atoms with Crippen LogP contribution in [0.1, 0.15) is 103 Å². The first-order chi connectivity index (χ1) is 23.2. The predicted molar refractivity (Wildman–Crippen MR) is 188 cm³/mol. The van der Waals surface area contributed by atoms with Crippen LogP contribution in [0, 0.1) is 47.3 Å². The van der Waals surface area contributed by atoms with Crippen molar-refractivity contribution in [2.75, 3.05) is 0 Å². The molecule has 270 valence electrons. The summed E-state index contributed by atoms with van der Waals surface area (Å²) in [6.45, 7) is 0. The summed E-state index contributed by atoms with van der Waals surface area (Å²) in [6, 6.07) is 9.10. The smallest absolute Gasteiger partial charge is 0.699 e. The molecule has 10 heteroatoms. The van der Waals surface area contributed by atoms with Crippen LogP contribution in [0.5, 0.6) is 0 Å². The fraction of sp³-hybridized carbons (Fsp3) is 0.842. The van der Waals surface area contributed by atoms with Crippen molar-refractivity contribution in [3.8, 4) is 0 Å². The molecule has 5 heterocycles. The van der Waals surface area contributed by atoms with Gasteiger partial charge in [0, 0.05) is 0 Å². The van der Waals surface area contributed by atoms with Gasteiger partial charge in [-0.15, -0.1) is 5.69 Å². The van der Waals surface area contributed by atoms with Crippen LogP contribution in [0.2, 0.25) is 0 Å². The second-order valence-electron chi connectivity index (χ2n) is 17.0. The first-order valence-corrected chi connectivity index (χ1v) is 20.0. The summed E-state index contributed by atoms with van der Waals surface area (Å²) in [5.41, 5.74) is 7.57. The molecule has 4 aliphatic carbocycles. The molecule has 0 aromatic heterocycles. The van der Waals surface area contributed by atoms with E-state index in [9.17, 15) is 0 Å². The molecule has 4 saturated carbocycles. The van der Waals surface area contributed by atoms with Crippen LogP contribution in [-0.2, 0) is 17.1 Å². The van der Waals surface area contributed by atoms with Crippen LogP contribution in [0.25, 0.3) is 5.73 Å². The molecule has 10 rings (SSSR count). The van der Waals surface area contributed by atoms with Gasteiger partial charge in [-0.1, -0.05) is 81.7 Å². The Morgan fingerprint density at radius 3 is 0.667 bits per heavy atom. The zero-order valence-corrected chi connectivity index (χ0v) is 29.7. The van der Waals surface area contributed by atoms with Crippen LogP contribution < -0.4 is 42.5 Å². The van der Waals surface area contributed by atoms with Crippen molar-refractivity contribution in [2.24, 2.45) is 47.3 Å². The van der Waals surface area contributed by atoms with Crippen molar-refractivity contribution in [2.45, 2.75) is 152 Å². The maximum absolute atomic E-state index is 7.00. The Labute approximate surface area is 299 Å². The molecule has 8 unspecified atom stereocenters. The van der Waals surface area contributed by atoms with Crippen molar-refractivity contribution < 1.29 is 17.1 Å². The Balaban J connectivity index is 0.000000377. The third kappa shape index (κ3) is 6.66. The van der Waals surface area contributed by atoms with Crippen molar-refractivity contribution in [3.63, 3.8) is 0 Å². The summed E-state index contributed by atoms with van der Waals surface area (Å²) in [6.07, 6.45) is 25.6. The molecule has 1 aromatic rings. The van der Waals surface area contributed by atoms with Crippen LogP contribution in [0.3, 0.4) is 0 Å². The second-order valence-corrected chi connectivity index (χ2v) is 17.0. The third-order valence-corrected chi connectivity index (χ3v) is 14.6. The Morgan fingerprint density at radius 1 is 0.333 bits per heavy atom. The summed E-state index contributed by atoms with van der Waals surface area (Å²) in [7, 11) is 0. The summed E-state index contributed by atoms with van der Waals surface area (Å²) in [5.74, 6) is 5.97. The van der Waals surface area contributed by atoms with E-state index in [1.165, 1.54) is 103 Å². The fourth-order valence-electron chi connectivity index (χ4n) is 12.4. The molecule has 0 spiro atoms. The SMILES string of the molecule is C1CCC2C3NC(NC4NC(NC5NC(NC6NC(N3)C3CCCCC63)C3CCCCC53)C3CCCCC43)C2C1.[Cu+].[NH-]c1ccccc1. The number of nitrogens with one attached hydrogen (secondary N) is 9. The van der Waals surface area contributed by atoms with Crippen molar-refractivity contribution in [1.29, 1.82) is 0 Å². The van der Waals surface area contributed by atoms with E-state index in [0.29, 0.717) is 55.0 Å². The van der Waals surface area contributed by atoms with Gasteiger partial charge >= 0.3 is 17.1 Å². The number of hydrogen-bond donors (Lipinski definition) is 8. The molecule has 1 aromatic carbocycles. The van der Waals surface area contributed by atoms with Gasteiger partial charge in [0.05, 0.1) is 49.3 Å². The molecule has 48 heavy (non-hydrogen) atoms. The molecule has 9 fully saturated rings. The first-order valence-electron chi connectivity index (χ1n) is 20.0. The normalized spacial score (nSPS) is 49.2. The maximum Gasteiger partial charge on any atom is 1.00 e. The predicted octanol–water partition coefficient (Wildman–Crippen LogP) is 4.97. The average molecular weight is 709 g/mol. The molecule has 5 saturated heterocycles. The van der Waals surface area contributed by atoms with Gasteiger partial charge in [-0.2, -0.15) is 0 Å². The van der Waals surface area contributed by atoms with E-state index in [1.54, 1.807) is 12.1 Å². The van der Waals surface area contributed by atoms with Gasteiger partial charge in [-0.05, 0) is 98.7 Å². The summed E-state index contributed by atoms with van der Waals surface area (Å²) >= 11 is 0. The van der Waals surface area contributed by atoms with Gasteiger partial charge in [-0.3, -0.25) is 42.5 Å². The molecular weight excluding hydrogens is 646 g/mol. The number of hydrogen-bond acceptors (Lipinski definition) is 8. The molecule has 9 aliphatic rings. The largest absolute Gasteiger partial charge is 1.00 e. The molecule has 8 bridgehead atoms. The van der Waals surface area contributed by atoms with E-state index in [1.807, 2.05) is 18.2 Å². The zero-order chi connectivity index (χ0) is 31.3. The Hall–Kier alpha value is -0.781. The quantitative estimate of drug-likeness (QED) is 0.178. The van der Waals surface area contributed by atoms with Crippen LogP contribution >= 0.6 is 0 Å². The molecule has 0 amide bonds. The Bertz CT molecular complexity index is 984. The van der Waals surface area contributed by atoms with E-state index < -0.39 is 0 Å². The summed E-state index contributed by atoms with van der Waals surface area (Å²) in [4.78, 5) is 0. The van der Waals surface area contributed by atoms with Gasteiger partial charge in [0.15, 0.2) is 0 Å². The molecule has 5 aliphatic heterocycles. The van der Waals surface area contributed by atoms with Crippen LogP contribution in [0.15, 0.2) is 30.3 Å². The van der Waals surface area contributed by atoms with E-state index in [0.717, 1.165) is 47.3 Å². The molecule has 9 nitrogen and oxygen atoms in total. The van der Waals surface area contributed by atoms with Crippen molar-refractivity contribution >= 4 is 5.69 Å². The number of fused-ring (bicyclic) bond motifs is 20. The Kier molecular flexibility index (Phi) is 10.8. The van der Waals surface area contributed by atoms with E-state index in [2.05, 4.69) is 42.5 Å². The van der Waals surface area contributed by atoms with Crippen molar-refractivity contribution in [3.05, 3.63) is 36.1 Å². The molecule has 8 atom stereocenters. The zero-order valence-electron chi connectivity index (χ0n) is 28.7. The third-order valence-electron chi connectivity index (χ3n) is 14.6. The van der Waals surface area contributed by atoms with Gasteiger partial charge in [0.25, 0.3) is 0 Å². The molecule has 0 radical (unpaired) electrons. The summed E-state index contributed by atoms with van der Waals surface area (Å²) in [5, 5.41) is 33.8. The van der Waals surface area contributed by atoms with Crippen LogP contribution in [0.4, 0.5) is 5.69 Å². The van der Waals surface area contributed by atoms with E-state index in [-0.39, 0.29) is 17.1 Å². The van der Waals surface area contributed by atoms with Crippen molar-refractivity contribution in [1.82, 2.24) is 42.5 Å². The van der Waals surface area contributed by atoms with Gasteiger partial charge in [-0.25, -0.2) is 0 Å². The topological polar surface area (TPSA) is 120 Å². The standard InChI is InChI=1S/C32H56N8.C6H6N.Cu/c1-2-10-18-17(9-1)25-33-26(18)38-28-21-13-5-6-14-22(21)30(35-28)40-32-24-16-8-7-15-23(24)31(36-32)39-29-20-12-4-3-11-19(20)27(34-29)37-25;7-6-4-2-1-3-5-6;/h17-40H,1-16H2;1-5,7H;/q;-1;+1. The number of rotatable bonds is 0. The summed E-state index contributed by atoms with van der Waals surface area (Å²) < 4.78 is 0. The minimum atomic E-state index is 0. The molecule has 9 N–H and O–H groups in total. The van der Waals surface area contributed by atoms with Gasteiger partial charge < -0.3 is 5.73 Å². The monoisotopic (exact) mass is 707 g/mol. The van der Waals surface area contributed by atoms with Gasteiger partial charge in [0.2, 0.25) is 0 Å². The minimum absolute atomic E-state index is 0. The van der Waals surface area contributed by atoms with Crippen LogP contribution in [-0.4, -0.2) is 49.3 Å². The maximum atomic E-state index is 7.00.